The normalized spacial score (nSPS) is 13.2. The van der Waals surface area contributed by atoms with Crippen LogP contribution in [0, 0.1) is 0 Å². The third-order valence-electron chi connectivity index (χ3n) is 13.4. The van der Waals surface area contributed by atoms with Crippen molar-refractivity contribution in [2.75, 3.05) is 0 Å². The van der Waals surface area contributed by atoms with Crippen LogP contribution in [0.15, 0.2) is 209 Å². The van der Waals surface area contributed by atoms with Gasteiger partial charge in [0.25, 0.3) is 0 Å². The summed E-state index contributed by atoms with van der Waals surface area (Å²) >= 11 is 0. The molecule has 292 valence electrons. The molecule has 63 heavy (non-hydrogen) atoms. The Labute approximate surface area is 361 Å². The van der Waals surface area contributed by atoms with Gasteiger partial charge in [-0.25, -0.2) is 15.0 Å². The summed E-state index contributed by atoms with van der Waals surface area (Å²) in [4.78, 5) is 16.1. The minimum Gasteiger partial charge on any atom is -0.456 e. The van der Waals surface area contributed by atoms with E-state index in [4.69, 9.17) is 23.8 Å². The molecular weight excluding hydrogens is 771 g/mol. The molecule has 0 saturated heterocycles. The predicted molar refractivity (Wildman–Crippen MR) is 252 cm³/mol. The summed E-state index contributed by atoms with van der Waals surface area (Å²) in [5.41, 5.74) is 17.5. The Morgan fingerprint density at radius 1 is 0.286 bits per heavy atom. The van der Waals surface area contributed by atoms with Crippen LogP contribution < -0.4 is 0 Å². The third kappa shape index (κ3) is 4.73. The monoisotopic (exact) mass is 803 g/mol. The van der Waals surface area contributed by atoms with Gasteiger partial charge in [0, 0.05) is 38.2 Å². The van der Waals surface area contributed by atoms with E-state index in [1.807, 2.05) is 48.5 Å². The van der Waals surface area contributed by atoms with Crippen molar-refractivity contribution in [3.05, 3.63) is 222 Å². The van der Waals surface area contributed by atoms with Crippen LogP contribution in [0.1, 0.15) is 22.3 Å². The molecule has 5 heteroatoms. The Kier molecular flexibility index (Phi) is 6.97. The van der Waals surface area contributed by atoms with Crippen LogP contribution in [-0.4, -0.2) is 15.0 Å². The zero-order valence-electron chi connectivity index (χ0n) is 33.7. The Bertz CT molecular complexity index is 3850. The summed E-state index contributed by atoms with van der Waals surface area (Å²) in [6.07, 6.45) is 0. The summed E-state index contributed by atoms with van der Waals surface area (Å²) < 4.78 is 12.8. The van der Waals surface area contributed by atoms with E-state index in [1.54, 1.807) is 0 Å². The molecule has 14 rings (SSSR count). The van der Waals surface area contributed by atoms with Gasteiger partial charge in [0.05, 0.1) is 5.41 Å². The summed E-state index contributed by atoms with van der Waals surface area (Å²) in [5, 5.41) is 4.11. The molecule has 5 nitrogen and oxygen atoms in total. The molecular formula is C58H33N3O2. The van der Waals surface area contributed by atoms with Crippen LogP contribution in [0.4, 0.5) is 0 Å². The van der Waals surface area contributed by atoms with E-state index in [-0.39, 0.29) is 0 Å². The van der Waals surface area contributed by atoms with Crippen LogP contribution in [0.2, 0.25) is 0 Å². The largest absolute Gasteiger partial charge is 0.456 e. The number of para-hydroxylation sites is 2. The molecule has 0 radical (unpaired) electrons. The van der Waals surface area contributed by atoms with Gasteiger partial charge in [0.2, 0.25) is 0 Å². The maximum Gasteiger partial charge on any atom is 0.164 e. The van der Waals surface area contributed by atoms with E-state index >= 15 is 0 Å². The van der Waals surface area contributed by atoms with E-state index < -0.39 is 5.41 Å². The fourth-order valence-corrected chi connectivity index (χ4v) is 10.8. The Morgan fingerprint density at radius 3 is 1.41 bits per heavy atom. The highest BCUT2D eigenvalue weighted by Crippen LogP contribution is 2.61. The number of rotatable bonds is 3. The fraction of sp³-hybridized carbons (Fsp3) is 0.0172. The first-order valence-corrected chi connectivity index (χ1v) is 21.3. The molecule has 1 spiro atoms. The number of nitrogens with zero attached hydrogens (tertiary/aromatic N) is 3. The van der Waals surface area contributed by atoms with Gasteiger partial charge in [-0.2, -0.15) is 0 Å². The predicted octanol–water partition coefficient (Wildman–Crippen LogP) is 14.7. The average Bonchev–Trinajstić information content (AvgIpc) is 4.00. The molecule has 3 heterocycles. The second-order valence-electron chi connectivity index (χ2n) is 16.6. The van der Waals surface area contributed by atoms with Gasteiger partial charge in [-0.05, 0) is 92.0 Å². The van der Waals surface area contributed by atoms with Gasteiger partial charge in [0.15, 0.2) is 17.5 Å². The van der Waals surface area contributed by atoms with Crippen LogP contribution >= 0.6 is 0 Å². The van der Waals surface area contributed by atoms with E-state index in [9.17, 15) is 0 Å². The molecule has 0 saturated carbocycles. The van der Waals surface area contributed by atoms with Crippen molar-refractivity contribution in [1.29, 1.82) is 0 Å². The summed E-state index contributed by atoms with van der Waals surface area (Å²) in [6, 6.07) is 71.1. The SMILES string of the molecule is c1ccc2c(c1)-c1ccccc1C1(c3cc(-c4nc(-c5ccc6c(c5)oc5ccccc56)nc(-c5cccc6oc7ccccc7c56)n4)ccc3-2)c2ccccc2-c2ccccc21. The number of hydrogen-bond donors (Lipinski definition) is 0. The second-order valence-corrected chi connectivity index (χ2v) is 16.6. The van der Waals surface area contributed by atoms with Crippen molar-refractivity contribution >= 4 is 43.9 Å². The van der Waals surface area contributed by atoms with Gasteiger partial charge in [-0.1, -0.05) is 164 Å². The smallest absolute Gasteiger partial charge is 0.164 e. The topological polar surface area (TPSA) is 65.0 Å². The quantitative estimate of drug-likeness (QED) is 0.178. The minimum absolute atomic E-state index is 0.555. The Hall–Kier alpha value is -8.41. The lowest BCUT2D eigenvalue weighted by molar-refractivity contribution is 0.668. The van der Waals surface area contributed by atoms with Gasteiger partial charge < -0.3 is 8.83 Å². The maximum absolute atomic E-state index is 6.40. The van der Waals surface area contributed by atoms with Gasteiger partial charge in [0.1, 0.15) is 22.3 Å². The summed E-state index contributed by atoms with van der Waals surface area (Å²) in [5.74, 6) is 1.70. The van der Waals surface area contributed by atoms with E-state index in [1.165, 1.54) is 55.6 Å². The first-order chi connectivity index (χ1) is 31.2. The van der Waals surface area contributed by atoms with Gasteiger partial charge in [-0.3, -0.25) is 0 Å². The van der Waals surface area contributed by atoms with Gasteiger partial charge >= 0.3 is 0 Å². The highest BCUT2D eigenvalue weighted by molar-refractivity contribution is 6.12. The Morgan fingerprint density at radius 2 is 0.730 bits per heavy atom. The summed E-state index contributed by atoms with van der Waals surface area (Å²) in [7, 11) is 0. The minimum atomic E-state index is -0.638. The lowest BCUT2D eigenvalue weighted by atomic mass is 9.65. The molecule has 2 aliphatic carbocycles. The third-order valence-corrected chi connectivity index (χ3v) is 13.4. The Balaban J connectivity index is 1.07. The number of benzene rings is 9. The lowest BCUT2D eigenvalue weighted by Gasteiger charge is -2.35. The van der Waals surface area contributed by atoms with E-state index in [2.05, 4.69) is 152 Å². The number of hydrogen-bond acceptors (Lipinski definition) is 5. The van der Waals surface area contributed by atoms with Crippen molar-refractivity contribution in [2.24, 2.45) is 0 Å². The van der Waals surface area contributed by atoms with E-state index in [0.29, 0.717) is 17.5 Å². The zero-order chi connectivity index (χ0) is 41.2. The molecule has 3 aromatic heterocycles. The molecule has 0 atom stereocenters. The van der Waals surface area contributed by atoms with Crippen molar-refractivity contribution in [3.63, 3.8) is 0 Å². The molecule has 0 bridgehead atoms. The molecule has 0 aliphatic heterocycles. The maximum atomic E-state index is 6.40. The average molecular weight is 804 g/mol. The van der Waals surface area contributed by atoms with Crippen LogP contribution in [0.3, 0.4) is 0 Å². The molecule has 0 unspecified atom stereocenters. The molecule has 0 N–H and O–H groups in total. The van der Waals surface area contributed by atoms with Crippen LogP contribution in [0.5, 0.6) is 0 Å². The van der Waals surface area contributed by atoms with Crippen molar-refractivity contribution in [1.82, 2.24) is 15.0 Å². The molecule has 0 amide bonds. The van der Waals surface area contributed by atoms with Crippen molar-refractivity contribution in [2.45, 2.75) is 5.41 Å². The standard InChI is InChI=1S/C58H33N3O2/c1-2-15-37-36(14-1)38-16-3-8-22-46(38)58(47-23-9-4-17-39(47)40-18-5-10-24-48(40)58)49-32-34(28-30-41(37)49)55-59-56(35-29-31-43-42-19-6-11-25-50(42)63-53(43)33-35)61-57(60-55)45-21-13-27-52-54(45)44-20-7-12-26-51(44)62-52/h1-33H. The van der Waals surface area contributed by atoms with Crippen LogP contribution in [0.25, 0.3) is 111 Å². The molecule has 12 aromatic rings. The van der Waals surface area contributed by atoms with E-state index in [0.717, 1.165) is 60.6 Å². The number of furan rings is 2. The molecule has 0 fully saturated rings. The molecule has 2 aliphatic rings. The van der Waals surface area contributed by atoms with Crippen LogP contribution in [-0.2, 0) is 5.41 Å². The first-order valence-electron chi connectivity index (χ1n) is 21.3. The summed E-state index contributed by atoms with van der Waals surface area (Å²) in [6.45, 7) is 0. The highest BCUT2D eigenvalue weighted by atomic mass is 16.3. The first kappa shape index (κ1) is 34.3. The molecule has 9 aromatic carbocycles. The number of aromatic nitrogens is 3. The highest BCUT2D eigenvalue weighted by Gasteiger charge is 2.49. The van der Waals surface area contributed by atoms with Crippen molar-refractivity contribution < 1.29 is 8.83 Å². The van der Waals surface area contributed by atoms with Gasteiger partial charge in [-0.15, -0.1) is 0 Å². The number of fused-ring (bicyclic) bond motifs is 18. The lowest BCUT2D eigenvalue weighted by Crippen LogP contribution is -2.29. The van der Waals surface area contributed by atoms with Crippen molar-refractivity contribution in [3.8, 4) is 67.5 Å². The fourth-order valence-electron chi connectivity index (χ4n) is 10.8. The zero-order valence-corrected chi connectivity index (χ0v) is 33.7. The second kappa shape index (κ2) is 12.8.